The van der Waals surface area contributed by atoms with Gasteiger partial charge in [0, 0.05) is 34.4 Å². The number of benzene rings is 2. The van der Waals surface area contributed by atoms with Gasteiger partial charge in [0.05, 0.1) is 19.1 Å². The summed E-state index contributed by atoms with van der Waals surface area (Å²) in [7, 11) is -2.52. The molecule has 0 aliphatic carbocycles. The van der Waals surface area contributed by atoms with Gasteiger partial charge in [0.1, 0.15) is 5.82 Å². The molecule has 0 saturated carbocycles. The number of aliphatic carboxylic acids is 1. The van der Waals surface area contributed by atoms with Crippen LogP contribution >= 0.6 is 8.03 Å². The van der Waals surface area contributed by atoms with Crippen LogP contribution < -0.4 is 0 Å². The molecule has 8 heteroatoms. The quantitative estimate of drug-likeness (QED) is 0.299. The first-order chi connectivity index (χ1) is 15.3. The van der Waals surface area contributed by atoms with E-state index >= 15 is 0 Å². The lowest BCUT2D eigenvalue weighted by Gasteiger charge is -2.16. The van der Waals surface area contributed by atoms with Crippen molar-refractivity contribution >= 4 is 24.9 Å². The maximum Gasteiger partial charge on any atom is 0.305 e. The molecule has 3 aromatic rings. The number of carboxylic acids is 1. The largest absolute Gasteiger partial charge is 0.481 e. The number of carboxylic acid groups (broad SMARTS) is 1. The van der Waals surface area contributed by atoms with Crippen LogP contribution in [0.15, 0.2) is 48.5 Å². The van der Waals surface area contributed by atoms with Gasteiger partial charge in [-0.2, -0.15) is 0 Å². The van der Waals surface area contributed by atoms with E-state index in [2.05, 4.69) is 30.5 Å². The Morgan fingerprint density at radius 2 is 1.84 bits per heavy atom. The standard InChI is InChI=1S/C24H29FNO5P/c1-16(2)26-21-7-4-3-6-20(21)24(17-9-11-18(25)12-10-17)22(26)8-5-13-31-32(30)15-19(27)14-23(28)29/h3-4,6-7,9-12,16,19,27,32H,5,8,13-15H2,1-2H3,(H,28,29)/t19-/m0/s1. The molecule has 6 nitrogen and oxygen atoms in total. The molecule has 0 radical (unpaired) electrons. The van der Waals surface area contributed by atoms with E-state index in [1.165, 1.54) is 12.1 Å². The summed E-state index contributed by atoms with van der Waals surface area (Å²) in [6.07, 6.45) is -0.526. The average molecular weight is 461 g/mol. The van der Waals surface area contributed by atoms with Crippen LogP contribution in [0.4, 0.5) is 4.39 Å². The number of carbonyl (C=O) groups is 1. The molecule has 0 saturated heterocycles. The number of rotatable bonds is 11. The summed E-state index contributed by atoms with van der Waals surface area (Å²) < 4.78 is 33.2. The lowest BCUT2D eigenvalue weighted by Crippen LogP contribution is -2.15. The van der Waals surface area contributed by atoms with Crippen LogP contribution in [0.3, 0.4) is 0 Å². The van der Waals surface area contributed by atoms with E-state index < -0.39 is 26.5 Å². The first-order valence-electron chi connectivity index (χ1n) is 10.7. The summed E-state index contributed by atoms with van der Waals surface area (Å²) in [5.74, 6) is -1.42. The van der Waals surface area contributed by atoms with Gasteiger partial charge < -0.3 is 19.3 Å². The van der Waals surface area contributed by atoms with Gasteiger partial charge in [-0.25, -0.2) is 4.39 Å². The number of hydrogen-bond donors (Lipinski definition) is 2. The van der Waals surface area contributed by atoms with Crippen molar-refractivity contribution in [3.05, 3.63) is 60.0 Å². The average Bonchev–Trinajstić information content (AvgIpc) is 3.05. The van der Waals surface area contributed by atoms with Gasteiger partial charge in [0.2, 0.25) is 0 Å². The molecule has 0 amide bonds. The summed E-state index contributed by atoms with van der Waals surface area (Å²) in [6.45, 7) is 4.47. The first kappa shape index (κ1) is 24.2. The topological polar surface area (TPSA) is 88.8 Å². The van der Waals surface area contributed by atoms with Crippen LogP contribution in [0.1, 0.15) is 38.4 Å². The maximum absolute atomic E-state index is 13.5. The zero-order chi connectivity index (χ0) is 23.3. The van der Waals surface area contributed by atoms with Crippen molar-refractivity contribution in [1.29, 1.82) is 0 Å². The summed E-state index contributed by atoms with van der Waals surface area (Å²) in [6, 6.07) is 14.8. The summed E-state index contributed by atoms with van der Waals surface area (Å²) >= 11 is 0. The van der Waals surface area contributed by atoms with E-state index in [-0.39, 0.29) is 24.6 Å². The Hall–Kier alpha value is -2.47. The predicted octanol–water partition coefficient (Wildman–Crippen LogP) is 5.29. The lowest BCUT2D eigenvalue weighted by molar-refractivity contribution is -0.138. The molecule has 0 aliphatic heterocycles. The van der Waals surface area contributed by atoms with Crippen molar-refractivity contribution in [2.24, 2.45) is 0 Å². The number of aromatic nitrogens is 1. The lowest BCUT2D eigenvalue weighted by atomic mass is 10.00. The summed E-state index contributed by atoms with van der Waals surface area (Å²) in [4.78, 5) is 10.6. The number of halogens is 1. The zero-order valence-corrected chi connectivity index (χ0v) is 19.3. The second-order valence-electron chi connectivity index (χ2n) is 8.09. The second-order valence-corrected chi connectivity index (χ2v) is 9.53. The Balaban J connectivity index is 1.80. The van der Waals surface area contributed by atoms with Gasteiger partial charge in [-0.3, -0.25) is 9.36 Å². The van der Waals surface area contributed by atoms with Crippen LogP contribution in [0, 0.1) is 5.82 Å². The molecule has 2 aromatic carbocycles. The van der Waals surface area contributed by atoms with Crippen LogP contribution in [0.5, 0.6) is 0 Å². The van der Waals surface area contributed by atoms with Crippen LogP contribution in [-0.2, 0) is 20.3 Å². The highest BCUT2D eigenvalue weighted by Gasteiger charge is 2.20. The van der Waals surface area contributed by atoms with Gasteiger partial charge in [-0.05, 0) is 50.5 Å². The third-order valence-corrected chi connectivity index (χ3v) is 6.63. The van der Waals surface area contributed by atoms with E-state index in [0.29, 0.717) is 12.8 Å². The normalized spacial score (nSPS) is 13.5. The number of aliphatic hydroxyl groups excluding tert-OH is 1. The van der Waals surface area contributed by atoms with Crippen molar-refractivity contribution < 1.29 is 28.5 Å². The minimum atomic E-state index is -2.52. The molecule has 1 heterocycles. The second kappa shape index (κ2) is 10.9. The minimum Gasteiger partial charge on any atom is -0.481 e. The maximum atomic E-state index is 13.5. The number of aliphatic hydroxyl groups is 1. The molecule has 0 fully saturated rings. The highest BCUT2D eigenvalue weighted by atomic mass is 31.1. The Kier molecular flexibility index (Phi) is 8.24. The molecule has 172 valence electrons. The Labute approximate surface area is 187 Å². The number of fused-ring (bicyclic) bond motifs is 1. The number of nitrogens with zero attached hydrogens (tertiary/aromatic N) is 1. The SMILES string of the molecule is CC(C)n1c(CCCO[PH](=O)C[C@@H](O)CC(=O)O)c(-c2ccc(F)cc2)c2ccccc21. The van der Waals surface area contributed by atoms with Gasteiger partial charge in [0.15, 0.2) is 8.03 Å². The fraction of sp³-hybridized carbons (Fsp3) is 0.375. The molecule has 0 spiro atoms. The van der Waals surface area contributed by atoms with E-state index in [9.17, 15) is 18.9 Å². The summed E-state index contributed by atoms with van der Waals surface area (Å²) in [5, 5.41) is 19.4. The monoisotopic (exact) mass is 461 g/mol. The zero-order valence-electron chi connectivity index (χ0n) is 18.3. The van der Waals surface area contributed by atoms with E-state index in [1.807, 2.05) is 12.1 Å². The predicted molar refractivity (Wildman–Crippen MR) is 124 cm³/mol. The fourth-order valence-corrected chi connectivity index (χ4v) is 5.06. The van der Waals surface area contributed by atoms with Crippen molar-refractivity contribution in [3.8, 4) is 11.1 Å². The van der Waals surface area contributed by atoms with Gasteiger partial charge in [-0.15, -0.1) is 0 Å². The minimum absolute atomic E-state index is 0.163. The molecule has 0 bridgehead atoms. The van der Waals surface area contributed by atoms with E-state index in [1.54, 1.807) is 12.1 Å². The molecule has 32 heavy (non-hydrogen) atoms. The van der Waals surface area contributed by atoms with Gasteiger partial charge in [0.25, 0.3) is 0 Å². The Morgan fingerprint density at radius 1 is 1.16 bits per heavy atom. The molecule has 1 unspecified atom stereocenters. The first-order valence-corrected chi connectivity index (χ1v) is 12.2. The molecule has 1 aromatic heterocycles. The highest BCUT2D eigenvalue weighted by molar-refractivity contribution is 7.39. The molecular formula is C24H29FNO5P. The molecule has 2 N–H and O–H groups in total. The third-order valence-electron chi connectivity index (χ3n) is 5.30. The Morgan fingerprint density at radius 3 is 2.50 bits per heavy atom. The van der Waals surface area contributed by atoms with Gasteiger partial charge >= 0.3 is 5.97 Å². The van der Waals surface area contributed by atoms with Crippen molar-refractivity contribution in [2.45, 2.75) is 45.3 Å². The fourth-order valence-electron chi connectivity index (χ4n) is 4.04. The summed E-state index contributed by atoms with van der Waals surface area (Å²) in [5.41, 5.74) is 4.19. The van der Waals surface area contributed by atoms with E-state index in [4.69, 9.17) is 9.63 Å². The number of para-hydroxylation sites is 1. The number of hydrogen-bond acceptors (Lipinski definition) is 4. The van der Waals surface area contributed by atoms with Gasteiger partial charge in [-0.1, -0.05) is 30.3 Å². The smallest absolute Gasteiger partial charge is 0.305 e. The van der Waals surface area contributed by atoms with Crippen LogP contribution in [-0.4, -0.2) is 39.6 Å². The molecule has 3 rings (SSSR count). The highest BCUT2D eigenvalue weighted by Crippen LogP contribution is 2.38. The van der Waals surface area contributed by atoms with E-state index in [0.717, 1.165) is 27.7 Å². The van der Waals surface area contributed by atoms with Crippen molar-refractivity contribution in [1.82, 2.24) is 4.57 Å². The van der Waals surface area contributed by atoms with Crippen molar-refractivity contribution in [3.63, 3.8) is 0 Å². The molecule has 2 atom stereocenters. The van der Waals surface area contributed by atoms with Crippen molar-refractivity contribution in [2.75, 3.05) is 12.8 Å². The van der Waals surface area contributed by atoms with Crippen LogP contribution in [0.2, 0.25) is 0 Å². The molecular weight excluding hydrogens is 432 g/mol. The molecule has 0 aliphatic rings. The van der Waals surface area contributed by atoms with Crippen LogP contribution in [0.25, 0.3) is 22.0 Å². The Bertz CT molecular complexity index is 1090. The third kappa shape index (κ3) is 5.85.